The van der Waals surface area contributed by atoms with Crippen LogP contribution in [0.25, 0.3) is 0 Å². The fraction of sp³-hybridized carbons (Fsp3) is 0.833. The second-order valence-electron chi connectivity index (χ2n) is 8.98. The van der Waals surface area contributed by atoms with Gasteiger partial charge >= 0.3 is 0 Å². The molecule has 3 rings (SSSR count). The molecule has 0 unspecified atom stereocenters. The number of hydrogen-bond donors (Lipinski definition) is 0. The molecule has 0 heteroatoms. The molecule has 136 valence electrons. The molecule has 3 aliphatic carbocycles. The Kier molecular flexibility index (Phi) is 7.05. The quantitative estimate of drug-likeness (QED) is 0.461. The second kappa shape index (κ2) is 9.25. The molecule has 0 N–H and O–H groups in total. The van der Waals surface area contributed by atoms with Crippen molar-refractivity contribution in [3.63, 3.8) is 0 Å². The predicted molar refractivity (Wildman–Crippen MR) is 106 cm³/mol. The lowest BCUT2D eigenvalue weighted by atomic mass is 9.69. The van der Waals surface area contributed by atoms with Crippen molar-refractivity contribution in [3.05, 3.63) is 23.3 Å². The van der Waals surface area contributed by atoms with Gasteiger partial charge in [0, 0.05) is 0 Å². The molecule has 0 nitrogen and oxygen atoms in total. The van der Waals surface area contributed by atoms with E-state index < -0.39 is 0 Å². The Hall–Kier alpha value is -0.520. The fourth-order valence-corrected chi connectivity index (χ4v) is 5.83. The van der Waals surface area contributed by atoms with Crippen molar-refractivity contribution in [3.8, 4) is 0 Å². The highest BCUT2D eigenvalue weighted by molar-refractivity contribution is 5.18. The van der Waals surface area contributed by atoms with Crippen LogP contribution in [0.3, 0.4) is 0 Å². The van der Waals surface area contributed by atoms with Crippen LogP contribution in [0, 0.1) is 23.7 Å². The zero-order valence-corrected chi connectivity index (χ0v) is 16.4. The molecular formula is C24H40. The van der Waals surface area contributed by atoms with Gasteiger partial charge in [-0.2, -0.15) is 0 Å². The summed E-state index contributed by atoms with van der Waals surface area (Å²) in [5.74, 6) is 4.15. The summed E-state index contributed by atoms with van der Waals surface area (Å²) in [6.45, 7) is 4.54. The van der Waals surface area contributed by atoms with Crippen LogP contribution in [0.5, 0.6) is 0 Å². The number of rotatable bonds is 4. The Morgan fingerprint density at radius 2 is 1.25 bits per heavy atom. The lowest BCUT2D eigenvalue weighted by Gasteiger charge is -2.37. The van der Waals surface area contributed by atoms with E-state index in [0.29, 0.717) is 0 Å². The first kappa shape index (κ1) is 18.3. The van der Waals surface area contributed by atoms with Gasteiger partial charge in [0.05, 0.1) is 0 Å². The van der Waals surface area contributed by atoms with Gasteiger partial charge < -0.3 is 0 Å². The van der Waals surface area contributed by atoms with Gasteiger partial charge in [-0.3, -0.25) is 0 Å². The average molecular weight is 329 g/mol. The van der Waals surface area contributed by atoms with E-state index in [4.69, 9.17) is 0 Å². The molecule has 24 heavy (non-hydrogen) atoms. The minimum atomic E-state index is 0.993. The summed E-state index contributed by atoms with van der Waals surface area (Å²) >= 11 is 0. The van der Waals surface area contributed by atoms with E-state index in [2.05, 4.69) is 26.0 Å². The predicted octanol–water partition coefficient (Wildman–Crippen LogP) is 7.85. The van der Waals surface area contributed by atoms with Crippen LogP contribution in [0.1, 0.15) is 104 Å². The smallest absolute Gasteiger partial charge is 0.0315 e. The highest BCUT2D eigenvalue weighted by Gasteiger charge is 2.30. The number of hydrogen-bond acceptors (Lipinski definition) is 0. The van der Waals surface area contributed by atoms with Crippen LogP contribution >= 0.6 is 0 Å². The van der Waals surface area contributed by atoms with Crippen LogP contribution in [-0.2, 0) is 0 Å². The highest BCUT2D eigenvalue weighted by Crippen LogP contribution is 2.44. The molecule has 3 fully saturated rings. The first-order valence-corrected chi connectivity index (χ1v) is 11.1. The van der Waals surface area contributed by atoms with E-state index >= 15 is 0 Å². The molecular weight excluding hydrogens is 288 g/mol. The molecule has 0 aromatic carbocycles. The molecule has 0 amide bonds. The normalized spacial score (nSPS) is 35.6. The van der Waals surface area contributed by atoms with Crippen molar-refractivity contribution < 1.29 is 0 Å². The summed E-state index contributed by atoms with van der Waals surface area (Å²) in [5.41, 5.74) is 3.80. The molecule has 0 aromatic heterocycles. The topological polar surface area (TPSA) is 0 Å². The van der Waals surface area contributed by atoms with Crippen molar-refractivity contribution in [1.29, 1.82) is 0 Å². The molecule has 0 heterocycles. The maximum atomic E-state index is 2.39. The minimum absolute atomic E-state index is 0.993. The number of allylic oxidation sites excluding steroid dienone is 4. The Bertz CT molecular complexity index is 413. The largest absolute Gasteiger partial charge is 0.0917 e. The molecule has 0 bridgehead atoms. The first-order valence-electron chi connectivity index (χ1n) is 11.1. The van der Waals surface area contributed by atoms with Crippen LogP contribution in [-0.4, -0.2) is 0 Å². The maximum Gasteiger partial charge on any atom is -0.0315 e. The molecule has 0 radical (unpaired) electrons. The van der Waals surface area contributed by atoms with Crippen molar-refractivity contribution in [2.45, 2.75) is 104 Å². The summed E-state index contributed by atoms with van der Waals surface area (Å²) < 4.78 is 0. The zero-order chi connectivity index (χ0) is 16.8. The molecule has 0 atom stereocenters. The van der Waals surface area contributed by atoms with Crippen molar-refractivity contribution >= 4 is 0 Å². The van der Waals surface area contributed by atoms with Crippen LogP contribution in [0.15, 0.2) is 23.3 Å². The van der Waals surface area contributed by atoms with E-state index in [-0.39, 0.29) is 0 Å². The van der Waals surface area contributed by atoms with Gasteiger partial charge in [0.15, 0.2) is 0 Å². The van der Waals surface area contributed by atoms with E-state index in [1.807, 2.05) is 11.1 Å². The van der Waals surface area contributed by atoms with Gasteiger partial charge in [0.25, 0.3) is 0 Å². The lowest BCUT2D eigenvalue weighted by Crippen LogP contribution is -2.24. The van der Waals surface area contributed by atoms with Crippen molar-refractivity contribution in [2.75, 3.05) is 0 Å². The van der Waals surface area contributed by atoms with Gasteiger partial charge in [-0.15, -0.1) is 0 Å². The average Bonchev–Trinajstić information content (AvgIpc) is 2.67. The summed E-state index contributed by atoms with van der Waals surface area (Å²) in [4.78, 5) is 0. The summed E-state index contributed by atoms with van der Waals surface area (Å²) in [7, 11) is 0. The van der Waals surface area contributed by atoms with Gasteiger partial charge in [0.2, 0.25) is 0 Å². The van der Waals surface area contributed by atoms with Gasteiger partial charge in [0.1, 0.15) is 0 Å². The van der Waals surface area contributed by atoms with E-state index in [9.17, 15) is 0 Å². The van der Waals surface area contributed by atoms with Crippen LogP contribution in [0.2, 0.25) is 0 Å². The fourth-order valence-electron chi connectivity index (χ4n) is 5.83. The van der Waals surface area contributed by atoms with Crippen molar-refractivity contribution in [2.24, 2.45) is 23.7 Å². The van der Waals surface area contributed by atoms with E-state index in [1.54, 1.807) is 0 Å². The monoisotopic (exact) mass is 328 g/mol. The van der Waals surface area contributed by atoms with Gasteiger partial charge in [-0.25, -0.2) is 0 Å². The minimum Gasteiger partial charge on any atom is -0.0917 e. The first-order chi connectivity index (χ1) is 11.8. The molecule has 0 aliphatic heterocycles. The van der Waals surface area contributed by atoms with Gasteiger partial charge in [-0.1, -0.05) is 36.6 Å². The standard InChI is InChI=1S/C24H40/c1-3-5-6-20-9-13-22(14-10-20)24-17-15-23(16-18-24)21-11-7-19(4-2)8-12-21/h3,5,19-20,22,24H,4,6-18H2,1-2H3/b5-3+,23-21?. The van der Waals surface area contributed by atoms with E-state index in [0.717, 1.165) is 23.7 Å². The third-order valence-electron chi connectivity index (χ3n) is 7.68. The van der Waals surface area contributed by atoms with Crippen molar-refractivity contribution in [1.82, 2.24) is 0 Å². The third kappa shape index (κ3) is 4.77. The zero-order valence-electron chi connectivity index (χ0n) is 16.4. The van der Waals surface area contributed by atoms with E-state index in [1.165, 1.54) is 89.9 Å². The maximum absolute atomic E-state index is 2.39. The molecule has 0 aromatic rings. The summed E-state index contributed by atoms with van der Waals surface area (Å²) in [5, 5.41) is 0. The van der Waals surface area contributed by atoms with Crippen LogP contribution in [0.4, 0.5) is 0 Å². The summed E-state index contributed by atoms with van der Waals surface area (Å²) in [6, 6.07) is 0. The molecule has 3 saturated carbocycles. The summed E-state index contributed by atoms with van der Waals surface area (Å²) in [6.07, 6.45) is 25.2. The Morgan fingerprint density at radius 1 is 0.708 bits per heavy atom. The molecule has 0 saturated heterocycles. The highest BCUT2D eigenvalue weighted by atomic mass is 14.4. The lowest BCUT2D eigenvalue weighted by molar-refractivity contribution is 0.178. The second-order valence-corrected chi connectivity index (χ2v) is 8.98. The Labute approximate surface area is 151 Å². The molecule has 0 spiro atoms. The Balaban J connectivity index is 1.43. The third-order valence-corrected chi connectivity index (χ3v) is 7.68. The van der Waals surface area contributed by atoms with Crippen LogP contribution < -0.4 is 0 Å². The SMILES string of the molecule is C/C=C/CC1CCC(C2CCC(=C3CCC(CC)CC3)CC2)CC1. The Morgan fingerprint density at radius 3 is 1.79 bits per heavy atom. The molecule has 3 aliphatic rings. The van der Waals surface area contributed by atoms with Gasteiger partial charge in [-0.05, 0) is 114 Å².